The third-order valence-electron chi connectivity index (χ3n) is 3.29. The summed E-state index contributed by atoms with van der Waals surface area (Å²) in [4.78, 5) is 15.3. The first-order chi connectivity index (χ1) is 12.2. The van der Waals surface area contributed by atoms with E-state index in [0.29, 0.717) is 5.82 Å². The second-order valence-electron chi connectivity index (χ2n) is 5.19. The normalized spacial score (nSPS) is 13.5. The molecule has 0 saturated carbocycles. The predicted octanol–water partition coefficient (Wildman–Crippen LogP) is 3.56. The Morgan fingerprint density at radius 1 is 1.19 bits per heavy atom. The average Bonchev–Trinajstić information content (AvgIpc) is 2.60. The van der Waals surface area contributed by atoms with Gasteiger partial charge in [0, 0.05) is 12.7 Å². The lowest BCUT2D eigenvalue weighted by Gasteiger charge is -2.14. The molecular formula is C16H17F3N4O2S. The number of nitrogens with zero attached hydrogens (tertiary/aromatic N) is 2. The monoisotopic (exact) mass is 386 g/mol. The molecule has 2 N–H and O–H groups in total. The Morgan fingerprint density at radius 3 is 2.50 bits per heavy atom. The molecule has 26 heavy (non-hydrogen) atoms. The summed E-state index contributed by atoms with van der Waals surface area (Å²) >= 11 is 0. The molecule has 1 heterocycles. The molecule has 0 fully saturated rings. The molecule has 0 spiro atoms. The van der Waals surface area contributed by atoms with Gasteiger partial charge < -0.3 is 5.32 Å². The fourth-order valence-corrected chi connectivity index (χ4v) is 3.44. The quantitative estimate of drug-likeness (QED) is 0.771. The van der Waals surface area contributed by atoms with Crippen LogP contribution in [0.5, 0.6) is 0 Å². The number of hydrogen-bond acceptors (Lipinski definition) is 4. The summed E-state index contributed by atoms with van der Waals surface area (Å²) in [5, 5.41) is 4.83. The third-order valence-corrected chi connectivity index (χ3v) is 5.37. The number of aromatic nitrogens is 1. The number of carbonyl (C=O) groups excluding carboxylic acids is 1. The molecule has 1 atom stereocenters. The van der Waals surface area contributed by atoms with Crippen molar-refractivity contribution in [2.24, 2.45) is 4.36 Å². The minimum atomic E-state index is -5.01. The molecule has 140 valence electrons. The van der Waals surface area contributed by atoms with Gasteiger partial charge in [-0.3, -0.25) is 5.32 Å². The smallest absolute Gasteiger partial charge is 0.336 e. The zero-order valence-electron chi connectivity index (χ0n) is 13.8. The van der Waals surface area contributed by atoms with Gasteiger partial charge in [0.25, 0.3) is 0 Å². The maximum Gasteiger partial charge on any atom is 0.483 e. The Labute approximate surface area is 149 Å². The largest absolute Gasteiger partial charge is 0.483 e. The topological polar surface area (TPSA) is 83.4 Å². The van der Waals surface area contributed by atoms with Crippen molar-refractivity contribution in [3.63, 3.8) is 0 Å². The number of pyridine rings is 1. The lowest BCUT2D eigenvalue weighted by Crippen LogP contribution is -2.32. The van der Waals surface area contributed by atoms with Crippen LogP contribution in [0.3, 0.4) is 0 Å². The van der Waals surface area contributed by atoms with E-state index >= 15 is 0 Å². The maximum absolute atomic E-state index is 13.2. The number of aryl methyl sites for hydroxylation is 1. The Morgan fingerprint density at radius 2 is 1.88 bits per heavy atom. The van der Waals surface area contributed by atoms with E-state index in [1.165, 1.54) is 24.4 Å². The van der Waals surface area contributed by atoms with E-state index in [0.717, 1.165) is 17.7 Å². The van der Waals surface area contributed by atoms with Crippen molar-refractivity contribution in [2.45, 2.75) is 17.3 Å². The number of amides is 2. The number of rotatable bonds is 5. The molecule has 6 nitrogen and oxygen atoms in total. The zero-order chi connectivity index (χ0) is 19.2. The molecule has 1 aromatic heterocycles. The Bertz CT molecular complexity index is 879. The van der Waals surface area contributed by atoms with Gasteiger partial charge in [-0.05, 0) is 30.7 Å². The average molecular weight is 386 g/mol. The van der Waals surface area contributed by atoms with Crippen molar-refractivity contribution in [3.8, 4) is 0 Å². The van der Waals surface area contributed by atoms with Crippen LogP contribution < -0.4 is 10.6 Å². The Hall–Kier alpha value is -2.62. The van der Waals surface area contributed by atoms with Crippen molar-refractivity contribution in [2.75, 3.05) is 18.4 Å². The van der Waals surface area contributed by atoms with Gasteiger partial charge in [0.1, 0.15) is 5.82 Å². The van der Waals surface area contributed by atoms with Gasteiger partial charge in [0.05, 0.1) is 11.4 Å². The van der Waals surface area contributed by atoms with E-state index in [9.17, 15) is 22.2 Å². The SMILES string of the molecule is Cc1cccnc1NC(=O)NCCN=S(=O)(c1ccccc1)C(F)(F)F. The van der Waals surface area contributed by atoms with E-state index in [2.05, 4.69) is 20.0 Å². The molecule has 1 aromatic carbocycles. The highest BCUT2D eigenvalue weighted by Gasteiger charge is 2.44. The first-order valence-corrected chi connectivity index (χ1v) is 9.06. The fraction of sp³-hybridized carbons (Fsp3) is 0.250. The summed E-state index contributed by atoms with van der Waals surface area (Å²) in [6.45, 7) is 1.08. The number of benzene rings is 1. The number of nitrogens with one attached hydrogen (secondary N) is 2. The molecule has 2 aromatic rings. The molecular weight excluding hydrogens is 369 g/mol. The van der Waals surface area contributed by atoms with E-state index < -0.39 is 32.7 Å². The summed E-state index contributed by atoms with van der Waals surface area (Å²) in [7, 11) is -4.61. The van der Waals surface area contributed by atoms with Gasteiger partial charge in [-0.2, -0.15) is 13.2 Å². The van der Waals surface area contributed by atoms with Gasteiger partial charge in [-0.1, -0.05) is 24.3 Å². The van der Waals surface area contributed by atoms with E-state index in [-0.39, 0.29) is 6.54 Å². The van der Waals surface area contributed by atoms with Gasteiger partial charge in [-0.25, -0.2) is 18.4 Å². The minimum absolute atomic E-state index is 0.211. The van der Waals surface area contributed by atoms with E-state index in [1.54, 1.807) is 19.1 Å². The molecule has 2 rings (SSSR count). The summed E-state index contributed by atoms with van der Waals surface area (Å²) in [6, 6.07) is 9.28. The van der Waals surface area contributed by atoms with Crippen LogP contribution in [0.1, 0.15) is 5.56 Å². The molecule has 0 aliphatic heterocycles. The highest BCUT2D eigenvalue weighted by atomic mass is 32.2. The second-order valence-corrected chi connectivity index (χ2v) is 7.43. The third kappa shape index (κ3) is 4.72. The number of anilines is 1. The summed E-state index contributed by atoms with van der Waals surface area (Å²) in [5.74, 6) is 0.338. The van der Waals surface area contributed by atoms with Crippen molar-refractivity contribution < 1.29 is 22.2 Å². The Kier molecular flexibility index (Phi) is 6.19. The van der Waals surface area contributed by atoms with Gasteiger partial charge >= 0.3 is 11.5 Å². The van der Waals surface area contributed by atoms with Crippen molar-refractivity contribution in [1.29, 1.82) is 0 Å². The van der Waals surface area contributed by atoms with Crippen LogP contribution in [-0.2, 0) is 9.73 Å². The lowest BCUT2D eigenvalue weighted by atomic mass is 10.3. The Balaban J connectivity index is 2.02. The van der Waals surface area contributed by atoms with Gasteiger partial charge in [0.2, 0.25) is 0 Å². The first kappa shape index (κ1) is 19.7. The molecule has 1 unspecified atom stereocenters. The van der Waals surface area contributed by atoms with E-state index in [4.69, 9.17) is 0 Å². The first-order valence-electron chi connectivity index (χ1n) is 7.55. The number of hydrogen-bond donors (Lipinski definition) is 2. The van der Waals surface area contributed by atoms with E-state index in [1.807, 2.05) is 0 Å². The van der Waals surface area contributed by atoms with Gasteiger partial charge in [0.15, 0.2) is 9.73 Å². The van der Waals surface area contributed by atoms with Crippen molar-refractivity contribution in [1.82, 2.24) is 10.3 Å². The fourth-order valence-electron chi connectivity index (χ4n) is 2.00. The van der Waals surface area contributed by atoms with Crippen LogP contribution in [0.4, 0.5) is 23.8 Å². The predicted molar refractivity (Wildman–Crippen MR) is 92.2 cm³/mol. The van der Waals surface area contributed by atoms with Crippen molar-refractivity contribution in [3.05, 3.63) is 54.2 Å². The van der Waals surface area contributed by atoms with Crippen LogP contribution in [-0.4, -0.2) is 33.8 Å². The minimum Gasteiger partial charge on any atom is -0.336 e. The molecule has 0 aliphatic carbocycles. The molecule has 2 amide bonds. The second kappa shape index (κ2) is 8.17. The summed E-state index contributed by atoms with van der Waals surface area (Å²) in [6.07, 6.45) is 1.50. The maximum atomic E-state index is 13.2. The lowest BCUT2D eigenvalue weighted by molar-refractivity contribution is -0.0403. The van der Waals surface area contributed by atoms with Crippen LogP contribution in [0, 0.1) is 6.92 Å². The number of urea groups is 1. The number of halogens is 3. The highest BCUT2D eigenvalue weighted by Crippen LogP contribution is 2.32. The van der Waals surface area contributed by atoms with Crippen LogP contribution in [0.15, 0.2) is 57.9 Å². The van der Waals surface area contributed by atoms with Crippen LogP contribution in [0.25, 0.3) is 0 Å². The molecule has 0 radical (unpaired) electrons. The standard InChI is InChI=1S/C16H17F3N4O2S/c1-12-6-5-9-20-14(12)23-15(24)21-10-11-22-26(25,16(17,18)19)13-7-3-2-4-8-13/h2-9H,10-11H2,1H3,(H2,20,21,23,24). The molecule has 0 aliphatic rings. The number of carbonyl (C=O) groups is 1. The van der Waals surface area contributed by atoms with Crippen molar-refractivity contribution >= 4 is 21.6 Å². The number of alkyl halides is 3. The highest BCUT2D eigenvalue weighted by molar-refractivity contribution is 7.94. The van der Waals surface area contributed by atoms with Crippen LogP contribution >= 0.6 is 0 Å². The molecule has 0 saturated heterocycles. The van der Waals surface area contributed by atoms with Gasteiger partial charge in [-0.15, -0.1) is 0 Å². The molecule has 10 heteroatoms. The summed E-state index contributed by atoms with van der Waals surface area (Å²) < 4.78 is 55.4. The molecule has 0 bridgehead atoms. The summed E-state index contributed by atoms with van der Waals surface area (Å²) in [5.41, 5.74) is -4.28. The van der Waals surface area contributed by atoms with Crippen LogP contribution in [0.2, 0.25) is 0 Å². The zero-order valence-corrected chi connectivity index (χ0v) is 14.6.